The van der Waals surface area contributed by atoms with Gasteiger partial charge < -0.3 is 20.5 Å². The Bertz CT molecular complexity index is 620. The molecule has 0 saturated carbocycles. The molecule has 23 heavy (non-hydrogen) atoms. The van der Waals surface area contributed by atoms with Crippen LogP contribution in [0.25, 0.3) is 5.69 Å². The van der Waals surface area contributed by atoms with E-state index in [0.29, 0.717) is 13.1 Å². The van der Waals surface area contributed by atoms with Crippen molar-refractivity contribution in [2.24, 2.45) is 5.92 Å². The van der Waals surface area contributed by atoms with E-state index in [0.717, 1.165) is 30.2 Å². The van der Waals surface area contributed by atoms with Gasteiger partial charge in [0.1, 0.15) is 11.4 Å². The van der Waals surface area contributed by atoms with E-state index in [-0.39, 0.29) is 24.4 Å². The zero-order valence-electron chi connectivity index (χ0n) is 13.1. The van der Waals surface area contributed by atoms with Gasteiger partial charge in [0, 0.05) is 38.3 Å². The van der Waals surface area contributed by atoms with Crippen LogP contribution in [0.2, 0.25) is 0 Å². The van der Waals surface area contributed by atoms with Crippen molar-refractivity contribution in [1.82, 2.24) is 20.4 Å². The van der Waals surface area contributed by atoms with Crippen LogP contribution in [0.5, 0.6) is 5.75 Å². The summed E-state index contributed by atoms with van der Waals surface area (Å²) in [6, 6.07) is 9.81. The fourth-order valence-corrected chi connectivity index (χ4v) is 2.80. The van der Waals surface area contributed by atoms with E-state index in [1.54, 1.807) is 13.3 Å². The van der Waals surface area contributed by atoms with Gasteiger partial charge in [-0.25, -0.2) is 4.68 Å². The Morgan fingerprint density at radius 3 is 2.91 bits per heavy atom. The maximum atomic E-state index is 9.81. The van der Waals surface area contributed by atoms with Crippen LogP contribution in [0.4, 0.5) is 0 Å². The maximum Gasteiger partial charge on any atom is 0.144 e. The summed E-state index contributed by atoms with van der Waals surface area (Å²) in [7, 11) is 1.66. The normalized spacial score (nSPS) is 20.3. The first-order chi connectivity index (χ1) is 10.8. The quantitative estimate of drug-likeness (QED) is 0.732. The van der Waals surface area contributed by atoms with Crippen LogP contribution in [0.1, 0.15) is 5.69 Å². The molecule has 2 atom stereocenters. The molecule has 6 nitrogen and oxygen atoms in total. The monoisotopic (exact) mass is 338 g/mol. The number of benzene rings is 1. The summed E-state index contributed by atoms with van der Waals surface area (Å²) >= 11 is 0. The van der Waals surface area contributed by atoms with E-state index in [1.807, 2.05) is 35.0 Å². The van der Waals surface area contributed by atoms with Crippen LogP contribution in [0, 0.1) is 5.92 Å². The van der Waals surface area contributed by atoms with Crippen LogP contribution >= 0.6 is 12.4 Å². The molecule has 0 radical (unpaired) electrons. The zero-order valence-corrected chi connectivity index (χ0v) is 13.9. The SMILES string of the molecule is COc1ccccc1-n1nccc1CNCC1CNCC1O.Cl. The topological polar surface area (TPSA) is 71.3 Å². The molecule has 2 heterocycles. The molecule has 0 spiro atoms. The van der Waals surface area contributed by atoms with E-state index in [9.17, 15) is 5.11 Å². The number of halogens is 1. The first-order valence-corrected chi connectivity index (χ1v) is 7.55. The average Bonchev–Trinajstić information content (AvgIpc) is 3.17. The molecule has 1 aromatic heterocycles. The number of ether oxygens (including phenoxy) is 1. The molecule has 1 fully saturated rings. The van der Waals surface area contributed by atoms with Gasteiger partial charge in [-0.1, -0.05) is 12.1 Å². The number of hydrogen-bond donors (Lipinski definition) is 3. The van der Waals surface area contributed by atoms with Gasteiger partial charge in [0.25, 0.3) is 0 Å². The van der Waals surface area contributed by atoms with Crippen LogP contribution in [0.3, 0.4) is 0 Å². The Morgan fingerprint density at radius 2 is 2.17 bits per heavy atom. The minimum absolute atomic E-state index is 0. The van der Waals surface area contributed by atoms with Crippen molar-refractivity contribution in [2.45, 2.75) is 12.6 Å². The van der Waals surface area contributed by atoms with Crippen molar-refractivity contribution in [3.8, 4) is 11.4 Å². The Balaban J connectivity index is 0.00000192. The number of para-hydroxylation sites is 2. The number of β-amino-alcohol motifs (C(OH)–C–C–N with tert-alkyl or cyclic N) is 1. The first-order valence-electron chi connectivity index (χ1n) is 7.55. The number of nitrogens with one attached hydrogen (secondary N) is 2. The molecule has 1 saturated heterocycles. The van der Waals surface area contributed by atoms with Gasteiger partial charge in [0.05, 0.1) is 18.9 Å². The second-order valence-electron chi connectivity index (χ2n) is 5.52. The Kier molecular flexibility index (Phi) is 6.41. The van der Waals surface area contributed by atoms with Crippen LogP contribution in [0.15, 0.2) is 36.5 Å². The highest BCUT2D eigenvalue weighted by molar-refractivity contribution is 5.85. The Hall–Kier alpha value is -1.60. The predicted octanol–water partition coefficient (Wildman–Crippen LogP) is 0.973. The zero-order chi connectivity index (χ0) is 15.4. The number of aliphatic hydroxyl groups is 1. The molecule has 0 bridgehead atoms. The summed E-state index contributed by atoms with van der Waals surface area (Å²) in [5.74, 6) is 1.06. The largest absolute Gasteiger partial charge is 0.494 e. The predicted molar refractivity (Wildman–Crippen MR) is 91.4 cm³/mol. The number of rotatable bonds is 6. The molecule has 1 aliphatic rings. The smallest absolute Gasteiger partial charge is 0.144 e. The van der Waals surface area contributed by atoms with Gasteiger partial charge in [0.15, 0.2) is 0 Å². The van der Waals surface area contributed by atoms with E-state index < -0.39 is 0 Å². The molecule has 7 heteroatoms. The molecule has 1 aromatic carbocycles. The molecule has 3 N–H and O–H groups in total. The van der Waals surface area contributed by atoms with E-state index in [1.165, 1.54) is 0 Å². The fraction of sp³-hybridized carbons (Fsp3) is 0.438. The van der Waals surface area contributed by atoms with Crippen molar-refractivity contribution in [2.75, 3.05) is 26.7 Å². The van der Waals surface area contributed by atoms with Gasteiger partial charge in [-0.15, -0.1) is 12.4 Å². The van der Waals surface area contributed by atoms with Gasteiger partial charge in [0.2, 0.25) is 0 Å². The van der Waals surface area contributed by atoms with E-state index in [4.69, 9.17) is 4.74 Å². The highest BCUT2D eigenvalue weighted by atomic mass is 35.5. The minimum atomic E-state index is -0.258. The summed E-state index contributed by atoms with van der Waals surface area (Å²) in [4.78, 5) is 0. The lowest BCUT2D eigenvalue weighted by molar-refractivity contribution is 0.146. The molecule has 2 aromatic rings. The number of aliphatic hydroxyl groups excluding tert-OH is 1. The first kappa shape index (κ1) is 17.7. The standard InChI is InChI=1S/C16H22N4O2.ClH/c1-22-16-5-3-2-4-14(16)20-13(6-7-19-20)10-17-8-12-9-18-11-15(12)21;/h2-7,12,15,17-18,21H,8-11H2,1H3;1H. The average molecular weight is 339 g/mol. The lowest BCUT2D eigenvalue weighted by Crippen LogP contribution is -2.30. The van der Waals surface area contributed by atoms with Crippen LogP contribution in [-0.2, 0) is 6.54 Å². The number of nitrogens with zero attached hydrogens (tertiary/aromatic N) is 2. The lowest BCUT2D eigenvalue weighted by Gasteiger charge is -2.15. The number of aromatic nitrogens is 2. The Labute approximate surface area is 142 Å². The van der Waals surface area contributed by atoms with E-state index >= 15 is 0 Å². The molecule has 0 amide bonds. The van der Waals surface area contributed by atoms with Crippen LogP contribution in [-0.4, -0.2) is 47.7 Å². The molecular formula is C16H23ClN4O2. The summed E-state index contributed by atoms with van der Waals surface area (Å²) in [6.07, 6.45) is 1.53. The molecule has 2 unspecified atom stereocenters. The van der Waals surface area contributed by atoms with E-state index in [2.05, 4.69) is 15.7 Å². The molecule has 0 aliphatic carbocycles. The lowest BCUT2D eigenvalue weighted by atomic mass is 10.1. The van der Waals surface area contributed by atoms with Crippen molar-refractivity contribution in [1.29, 1.82) is 0 Å². The van der Waals surface area contributed by atoms with Gasteiger partial charge in [-0.3, -0.25) is 0 Å². The molecule has 3 rings (SSSR count). The van der Waals surface area contributed by atoms with Crippen molar-refractivity contribution in [3.05, 3.63) is 42.2 Å². The van der Waals surface area contributed by atoms with Gasteiger partial charge in [-0.2, -0.15) is 5.10 Å². The molecule has 1 aliphatic heterocycles. The third-order valence-corrected chi connectivity index (χ3v) is 4.05. The number of hydrogen-bond acceptors (Lipinski definition) is 5. The minimum Gasteiger partial charge on any atom is -0.494 e. The third-order valence-electron chi connectivity index (χ3n) is 4.05. The fourth-order valence-electron chi connectivity index (χ4n) is 2.80. The van der Waals surface area contributed by atoms with Gasteiger partial charge >= 0.3 is 0 Å². The Morgan fingerprint density at radius 1 is 1.35 bits per heavy atom. The summed E-state index contributed by atoms with van der Waals surface area (Å²) < 4.78 is 7.29. The van der Waals surface area contributed by atoms with Gasteiger partial charge in [-0.05, 0) is 18.2 Å². The number of methoxy groups -OCH3 is 1. The van der Waals surface area contributed by atoms with Crippen molar-refractivity contribution >= 4 is 12.4 Å². The molecule has 126 valence electrons. The second kappa shape index (κ2) is 8.31. The highest BCUT2D eigenvalue weighted by Crippen LogP contribution is 2.22. The summed E-state index contributed by atoms with van der Waals surface area (Å²) in [5.41, 5.74) is 1.99. The second-order valence-corrected chi connectivity index (χ2v) is 5.52. The highest BCUT2D eigenvalue weighted by Gasteiger charge is 2.24. The maximum absolute atomic E-state index is 9.81. The summed E-state index contributed by atoms with van der Waals surface area (Å²) in [6.45, 7) is 3.03. The van der Waals surface area contributed by atoms with Crippen LogP contribution < -0.4 is 15.4 Å². The summed E-state index contributed by atoms with van der Waals surface area (Å²) in [5, 5.41) is 20.8. The molecular weight excluding hydrogens is 316 g/mol. The third kappa shape index (κ3) is 4.03. The van der Waals surface area contributed by atoms with Crippen molar-refractivity contribution < 1.29 is 9.84 Å². The van der Waals surface area contributed by atoms with Crippen molar-refractivity contribution in [3.63, 3.8) is 0 Å².